The summed E-state index contributed by atoms with van der Waals surface area (Å²) in [6.07, 6.45) is 4.56. The van der Waals surface area contributed by atoms with Crippen LogP contribution in [-0.2, 0) is 28.6 Å². The van der Waals surface area contributed by atoms with Gasteiger partial charge < -0.3 is 0 Å². The van der Waals surface area contributed by atoms with Gasteiger partial charge in [-0.2, -0.15) is 0 Å². The first kappa shape index (κ1) is 17.1. The van der Waals surface area contributed by atoms with Crippen molar-refractivity contribution in [2.75, 3.05) is 0 Å². The molecule has 1 unspecified atom stereocenters. The predicted octanol–water partition coefficient (Wildman–Crippen LogP) is 3.89. The number of nitrogens with one attached hydrogen (secondary N) is 1. The normalized spacial score (nSPS) is 15.8. The summed E-state index contributed by atoms with van der Waals surface area (Å²) < 4.78 is 41.0. The molecule has 1 aliphatic carbocycles. The van der Waals surface area contributed by atoms with Gasteiger partial charge in [0.2, 0.25) is 10.0 Å². The SMILES string of the molecule is CC(NS(=O)(=O)Cc1ccccc1F)c1ccc2c(c1)CCCC2. The molecule has 0 radical (unpaired) electrons. The molecule has 2 aromatic carbocycles. The molecule has 3 nitrogen and oxygen atoms in total. The molecule has 1 N–H and O–H groups in total. The molecule has 3 rings (SSSR count). The number of sulfonamides is 1. The Bertz CT molecular complexity index is 833. The van der Waals surface area contributed by atoms with Crippen LogP contribution < -0.4 is 4.72 Å². The first-order valence-corrected chi connectivity index (χ1v) is 9.95. The van der Waals surface area contributed by atoms with Crippen molar-refractivity contribution < 1.29 is 12.8 Å². The van der Waals surface area contributed by atoms with E-state index in [1.54, 1.807) is 12.1 Å². The first-order valence-electron chi connectivity index (χ1n) is 8.30. The Morgan fingerprint density at radius 1 is 1.08 bits per heavy atom. The fraction of sp³-hybridized carbons (Fsp3) is 0.368. The molecule has 5 heteroatoms. The van der Waals surface area contributed by atoms with E-state index in [1.807, 2.05) is 13.0 Å². The molecule has 0 bridgehead atoms. The lowest BCUT2D eigenvalue weighted by Crippen LogP contribution is -2.28. The number of benzene rings is 2. The van der Waals surface area contributed by atoms with E-state index >= 15 is 0 Å². The zero-order chi connectivity index (χ0) is 17.2. The van der Waals surface area contributed by atoms with Crippen molar-refractivity contribution in [3.63, 3.8) is 0 Å². The van der Waals surface area contributed by atoms with Crippen LogP contribution in [0.15, 0.2) is 42.5 Å². The maximum absolute atomic E-state index is 13.7. The van der Waals surface area contributed by atoms with Crippen molar-refractivity contribution in [2.45, 2.75) is 44.4 Å². The van der Waals surface area contributed by atoms with Crippen molar-refractivity contribution in [3.8, 4) is 0 Å². The van der Waals surface area contributed by atoms with Gasteiger partial charge in [-0.25, -0.2) is 17.5 Å². The zero-order valence-corrected chi connectivity index (χ0v) is 14.6. The molecule has 24 heavy (non-hydrogen) atoms. The molecule has 0 saturated carbocycles. The van der Waals surface area contributed by atoms with E-state index in [4.69, 9.17) is 0 Å². The molecule has 1 atom stereocenters. The molecule has 0 spiro atoms. The van der Waals surface area contributed by atoms with Crippen LogP contribution in [0.5, 0.6) is 0 Å². The Morgan fingerprint density at radius 2 is 1.79 bits per heavy atom. The topological polar surface area (TPSA) is 46.2 Å². The maximum atomic E-state index is 13.7. The zero-order valence-electron chi connectivity index (χ0n) is 13.8. The molecule has 0 saturated heterocycles. The Labute approximate surface area is 143 Å². The Hall–Kier alpha value is -1.72. The molecule has 0 amide bonds. The number of rotatable bonds is 5. The van der Waals surface area contributed by atoms with Gasteiger partial charge in [0.1, 0.15) is 5.82 Å². The standard InChI is InChI=1S/C19H22FNO2S/c1-14(16-11-10-15-6-2-3-7-17(15)12-16)21-24(22,23)13-18-8-4-5-9-19(18)20/h4-5,8-12,14,21H,2-3,6-7,13H2,1H3. The predicted molar refractivity (Wildman–Crippen MR) is 93.7 cm³/mol. The molecule has 0 aromatic heterocycles. The lowest BCUT2D eigenvalue weighted by Gasteiger charge is -2.20. The molecule has 0 fully saturated rings. The van der Waals surface area contributed by atoms with E-state index in [0.29, 0.717) is 0 Å². The molecule has 0 aliphatic heterocycles. The average molecular weight is 347 g/mol. The summed E-state index contributed by atoms with van der Waals surface area (Å²) in [4.78, 5) is 0. The van der Waals surface area contributed by atoms with E-state index in [9.17, 15) is 12.8 Å². The number of aryl methyl sites for hydroxylation is 2. The highest BCUT2D eigenvalue weighted by Crippen LogP contribution is 2.25. The molecule has 2 aromatic rings. The van der Waals surface area contributed by atoms with Gasteiger partial charge in [0, 0.05) is 11.6 Å². The number of halogens is 1. The van der Waals surface area contributed by atoms with Crippen molar-refractivity contribution in [1.82, 2.24) is 4.72 Å². The van der Waals surface area contributed by atoms with Crippen LogP contribution in [-0.4, -0.2) is 8.42 Å². The van der Waals surface area contributed by atoms with E-state index < -0.39 is 15.8 Å². The van der Waals surface area contributed by atoms with Crippen molar-refractivity contribution in [3.05, 3.63) is 70.5 Å². The highest BCUT2D eigenvalue weighted by Gasteiger charge is 2.19. The summed E-state index contributed by atoms with van der Waals surface area (Å²) in [5.41, 5.74) is 3.82. The van der Waals surface area contributed by atoms with Gasteiger partial charge in [-0.15, -0.1) is 0 Å². The second-order valence-electron chi connectivity index (χ2n) is 6.43. The molecule has 128 valence electrons. The van der Waals surface area contributed by atoms with Crippen molar-refractivity contribution in [2.24, 2.45) is 0 Å². The molecule has 1 aliphatic rings. The average Bonchev–Trinajstić information content (AvgIpc) is 2.56. The van der Waals surface area contributed by atoms with Crippen LogP contribution in [0.2, 0.25) is 0 Å². The quantitative estimate of drug-likeness (QED) is 0.892. The van der Waals surface area contributed by atoms with Crippen LogP contribution in [0.4, 0.5) is 4.39 Å². The lowest BCUT2D eigenvalue weighted by atomic mass is 9.89. The van der Waals surface area contributed by atoms with Gasteiger partial charge in [-0.05, 0) is 55.4 Å². The molecular formula is C19H22FNO2S. The Kier molecular flexibility index (Phi) is 5.01. The van der Waals surface area contributed by atoms with Gasteiger partial charge >= 0.3 is 0 Å². The van der Waals surface area contributed by atoms with Crippen LogP contribution in [0.25, 0.3) is 0 Å². The summed E-state index contributed by atoms with van der Waals surface area (Å²) >= 11 is 0. The van der Waals surface area contributed by atoms with Gasteiger partial charge in [-0.3, -0.25) is 0 Å². The third-order valence-corrected chi connectivity index (χ3v) is 5.94. The summed E-state index contributed by atoms with van der Waals surface area (Å²) in [7, 11) is -3.62. The van der Waals surface area contributed by atoms with Crippen LogP contribution in [0, 0.1) is 5.82 Å². The minimum atomic E-state index is -3.62. The molecular weight excluding hydrogens is 325 g/mol. The lowest BCUT2D eigenvalue weighted by molar-refractivity contribution is 0.561. The summed E-state index contributed by atoms with van der Waals surface area (Å²) in [5.74, 6) is -0.848. The van der Waals surface area contributed by atoms with Gasteiger partial charge in [0.15, 0.2) is 0 Å². The highest BCUT2D eigenvalue weighted by atomic mass is 32.2. The van der Waals surface area contributed by atoms with E-state index in [2.05, 4.69) is 16.9 Å². The third-order valence-electron chi connectivity index (χ3n) is 4.53. The smallest absolute Gasteiger partial charge is 0.212 e. The fourth-order valence-corrected chi connectivity index (χ4v) is 4.62. The van der Waals surface area contributed by atoms with Crippen LogP contribution >= 0.6 is 0 Å². The van der Waals surface area contributed by atoms with Crippen LogP contribution in [0.1, 0.15) is 48.1 Å². The van der Waals surface area contributed by atoms with E-state index in [0.717, 1.165) is 18.4 Å². The number of hydrogen-bond donors (Lipinski definition) is 1. The Balaban J connectivity index is 1.74. The number of fused-ring (bicyclic) bond motifs is 1. The first-order chi connectivity index (χ1) is 11.4. The minimum absolute atomic E-state index is 0.183. The number of hydrogen-bond acceptors (Lipinski definition) is 2. The van der Waals surface area contributed by atoms with E-state index in [-0.39, 0.29) is 17.4 Å². The van der Waals surface area contributed by atoms with Crippen LogP contribution in [0.3, 0.4) is 0 Å². The van der Waals surface area contributed by atoms with Gasteiger partial charge in [-0.1, -0.05) is 36.4 Å². The second kappa shape index (κ2) is 7.03. The maximum Gasteiger partial charge on any atom is 0.216 e. The molecule has 0 heterocycles. The van der Waals surface area contributed by atoms with E-state index in [1.165, 1.54) is 36.1 Å². The third kappa shape index (κ3) is 4.02. The fourth-order valence-electron chi connectivity index (χ4n) is 3.22. The summed E-state index contributed by atoms with van der Waals surface area (Å²) in [6.45, 7) is 1.82. The second-order valence-corrected chi connectivity index (χ2v) is 8.18. The van der Waals surface area contributed by atoms with Crippen molar-refractivity contribution in [1.29, 1.82) is 0 Å². The Morgan fingerprint density at radius 3 is 2.54 bits per heavy atom. The largest absolute Gasteiger partial charge is 0.216 e. The van der Waals surface area contributed by atoms with Crippen molar-refractivity contribution >= 4 is 10.0 Å². The van der Waals surface area contributed by atoms with Gasteiger partial charge in [0.25, 0.3) is 0 Å². The summed E-state index contributed by atoms with van der Waals surface area (Å²) in [5, 5.41) is 0. The monoisotopic (exact) mass is 347 g/mol. The summed E-state index contributed by atoms with van der Waals surface area (Å²) in [6, 6.07) is 11.8. The minimum Gasteiger partial charge on any atom is -0.212 e. The van der Waals surface area contributed by atoms with Gasteiger partial charge in [0.05, 0.1) is 5.75 Å². The highest BCUT2D eigenvalue weighted by molar-refractivity contribution is 7.88.